The highest BCUT2D eigenvalue weighted by Crippen LogP contribution is 2.49. The first-order valence-electron chi connectivity index (χ1n) is 15.5. The summed E-state index contributed by atoms with van der Waals surface area (Å²) in [6, 6.07) is 5.55. The molecule has 10 nitrogen and oxygen atoms in total. The van der Waals surface area contributed by atoms with Crippen molar-refractivity contribution >= 4 is 33.3 Å². The molecule has 0 saturated heterocycles. The van der Waals surface area contributed by atoms with Crippen LogP contribution in [-0.2, 0) is 19.4 Å². The number of hydrogen-bond acceptors (Lipinski definition) is 7. The Hall–Kier alpha value is -3.88. The maximum Gasteiger partial charge on any atom is 0.501 e. The summed E-state index contributed by atoms with van der Waals surface area (Å²) in [4.78, 5) is 36.5. The van der Waals surface area contributed by atoms with E-state index in [1.54, 1.807) is 0 Å². The largest absolute Gasteiger partial charge is 0.501 e. The van der Waals surface area contributed by atoms with Crippen molar-refractivity contribution in [2.24, 2.45) is 17.8 Å². The number of fused-ring (bicyclic) bond motifs is 2. The standard InChI is InChI=1S/C32H38F4N2O8S/c1-45-25-18-24(33)26(46-14-7-5-3-2-4-6-11-27(39)40)17-23(25)30(41)38-29-20-13-12-19(15-20)28(29)31(42)37-21-9-8-10-22(16-21)47(43,44)32(34,35)36/h8-10,16-20,28-29H,2-7,11-15H2,1H3,(H,37,42)(H,38,41)(H,39,40)/t19-,20+,28+,29-/m1/s1. The summed E-state index contributed by atoms with van der Waals surface area (Å²) in [5.74, 6) is -3.83. The maximum absolute atomic E-state index is 14.8. The summed E-state index contributed by atoms with van der Waals surface area (Å²) < 4.78 is 88.6. The number of benzene rings is 2. The van der Waals surface area contributed by atoms with E-state index in [1.165, 1.54) is 19.2 Å². The van der Waals surface area contributed by atoms with Crippen molar-refractivity contribution in [3.63, 3.8) is 0 Å². The highest BCUT2D eigenvalue weighted by Gasteiger charge is 2.52. The van der Waals surface area contributed by atoms with Crippen LogP contribution in [-0.4, -0.2) is 56.6 Å². The first kappa shape index (κ1) is 36.0. The molecule has 2 aromatic carbocycles. The minimum Gasteiger partial charge on any atom is -0.496 e. The van der Waals surface area contributed by atoms with E-state index < -0.39 is 55.8 Å². The smallest absolute Gasteiger partial charge is 0.496 e. The van der Waals surface area contributed by atoms with E-state index >= 15 is 0 Å². The number of halogens is 4. The number of amides is 2. The molecular formula is C32H38F4N2O8S. The minimum absolute atomic E-state index is 0.00526. The fourth-order valence-electron chi connectivity index (χ4n) is 6.47. The number of carbonyl (C=O) groups is 3. The highest BCUT2D eigenvalue weighted by molar-refractivity contribution is 7.92. The van der Waals surface area contributed by atoms with Gasteiger partial charge in [0.15, 0.2) is 11.6 Å². The molecule has 2 aliphatic rings. The summed E-state index contributed by atoms with van der Waals surface area (Å²) in [5.41, 5.74) is -5.64. The first-order valence-corrected chi connectivity index (χ1v) is 17.0. The molecule has 2 saturated carbocycles. The van der Waals surface area contributed by atoms with Gasteiger partial charge in [0.25, 0.3) is 15.7 Å². The van der Waals surface area contributed by atoms with Gasteiger partial charge in [-0.05, 0) is 68.2 Å². The van der Waals surface area contributed by atoms with Crippen LogP contribution in [0.4, 0.5) is 23.2 Å². The summed E-state index contributed by atoms with van der Waals surface area (Å²) in [7, 11) is -4.34. The van der Waals surface area contributed by atoms with Crippen molar-refractivity contribution < 1.29 is 54.9 Å². The Balaban J connectivity index is 1.40. The van der Waals surface area contributed by atoms with Gasteiger partial charge in [0.1, 0.15) is 5.75 Å². The lowest BCUT2D eigenvalue weighted by Gasteiger charge is -2.31. The molecule has 0 aliphatic heterocycles. The molecule has 0 spiro atoms. The average Bonchev–Trinajstić information content (AvgIpc) is 3.62. The van der Waals surface area contributed by atoms with Gasteiger partial charge in [-0.1, -0.05) is 31.7 Å². The van der Waals surface area contributed by atoms with Crippen molar-refractivity contribution in [1.29, 1.82) is 0 Å². The van der Waals surface area contributed by atoms with Gasteiger partial charge in [0.2, 0.25) is 5.91 Å². The monoisotopic (exact) mass is 686 g/mol. The van der Waals surface area contributed by atoms with E-state index in [9.17, 15) is 40.4 Å². The van der Waals surface area contributed by atoms with E-state index in [0.717, 1.165) is 56.4 Å². The second-order valence-electron chi connectivity index (χ2n) is 11.9. The molecule has 4 rings (SSSR count). The lowest BCUT2D eigenvalue weighted by atomic mass is 9.83. The predicted octanol–water partition coefficient (Wildman–Crippen LogP) is 6.11. The molecule has 2 fully saturated rings. The molecule has 258 valence electrons. The fourth-order valence-corrected chi connectivity index (χ4v) is 7.27. The van der Waals surface area contributed by atoms with Gasteiger partial charge in [-0.2, -0.15) is 13.2 Å². The number of aliphatic carboxylic acids is 1. The number of sulfone groups is 1. The second-order valence-corrected chi connectivity index (χ2v) is 13.9. The zero-order valence-corrected chi connectivity index (χ0v) is 26.6. The third kappa shape index (κ3) is 8.73. The number of nitrogens with one attached hydrogen (secondary N) is 2. The predicted molar refractivity (Wildman–Crippen MR) is 162 cm³/mol. The second kappa shape index (κ2) is 15.3. The van der Waals surface area contributed by atoms with Crippen LogP contribution in [0.25, 0.3) is 0 Å². The summed E-state index contributed by atoms with van der Waals surface area (Å²) in [6.45, 7) is 0.194. The first-order chi connectivity index (χ1) is 22.2. The Bertz CT molecular complexity index is 1570. The third-order valence-corrected chi connectivity index (χ3v) is 10.3. The van der Waals surface area contributed by atoms with E-state index in [0.29, 0.717) is 25.7 Å². The van der Waals surface area contributed by atoms with E-state index in [2.05, 4.69) is 10.6 Å². The molecule has 2 amide bonds. The highest BCUT2D eigenvalue weighted by atomic mass is 32.2. The number of hydrogen-bond donors (Lipinski definition) is 3. The van der Waals surface area contributed by atoms with Crippen LogP contribution in [0.3, 0.4) is 0 Å². The molecule has 2 aromatic rings. The van der Waals surface area contributed by atoms with Crippen LogP contribution >= 0.6 is 0 Å². The van der Waals surface area contributed by atoms with Crippen molar-refractivity contribution in [2.45, 2.75) is 80.7 Å². The molecule has 0 aromatic heterocycles. The topological polar surface area (TPSA) is 148 Å². The minimum atomic E-state index is -5.62. The number of anilines is 1. The van der Waals surface area contributed by atoms with Crippen molar-refractivity contribution in [2.75, 3.05) is 19.0 Å². The van der Waals surface area contributed by atoms with Crippen molar-refractivity contribution in [1.82, 2.24) is 5.32 Å². The normalized spacial score (nSPS) is 20.5. The molecule has 3 N–H and O–H groups in total. The molecule has 4 atom stereocenters. The van der Waals surface area contributed by atoms with E-state index in [1.807, 2.05) is 0 Å². The van der Waals surface area contributed by atoms with Crippen LogP contribution in [0.1, 0.15) is 74.6 Å². The Morgan fingerprint density at radius 3 is 2.32 bits per heavy atom. The summed E-state index contributed by atoms with van der Waals surface area (Å²) in [5, 5.41) is 14.1. The van der Waals surface area contributed by atoms with Crippen LogP contribution in [0.2, 0.25) is 0 Å². The summed E-state index contributed by atoms with van der Waals surface area (Å²) >= 11 is 0. The summed E-state index contributed by atoms with van der Waals surface area (Å²) in [6.07, 6.45) is 6.83. The third-order valence-electron chi connectivity index (χ3n) is 8.77. The average molecular weight is 687 g/mol. The van der Waals surface area contributed by atoms with Crippen LogP contribution in [0, 0.1) is 23.6 Å². The lowest BCUT2D eigenvalue weighted by Crippen LogP contribution is -2.48. The molecule has 0 heterocycles. The molecule has 15 heteroatoms. The Kier molecular flexibility index (Phi) is 11.7. The maximum atomic E-state index is 14.8. The fraction of sp³-hybridized carbons (Fsp3) is 0.531. The molecule has 2 bridgehead atoms. The molecule has 2 aliphatic carbocycles. The Morgan fingerprint density at radius 1 is 0.957 bits per heavy atom. The number of carboxylic acid groups (broad SMARTS) is 1. The van der Waals surface area contributed by atoms with Crippen LogP contribution in [0.15, 0.2) is 41.3 Å². The SMILES string of the molecule is COc1cc(F)c(OCCCCCCCCC(=O)O)cc1C(=O)N[C@@H]1[C@H]2CC[C@H](C2)[C@@H]1C(=O)Nc1cccc(S(=O)(=O)C(F)(F)F)c1. The van der Waals surface area contributed by atoms with Gasteiger partial charge in [-0.15, -0.1) is 0 Å². The van der Waals surface area contributed by atoms with Gasteiger partial charge < -0.3 is 25.2 Å². The Morgan fingerprint density at radius 2 is 1.64 bits per heavy atom. The van der Waals surface area contributed by atoms with Crippen molar-refractivity contribution in [3.05, 3.63) is 47.8 Å². The number of unbranched alkanes of at least 4 members (excludes halogenated alkanes) is 5. The molecule has 0 unspecified atom stereocenters. The number of carboxylic acids is 1. The zero-order valence-electron chi connectivity index (χ0n) is 25.8. The number of ether oxygens (including phenoxy) is 2. The van der Waals surface area contributed by atoms with Gasteiger partial charge in [0, 0.05) is 24.2 Å². The van der Waals surface area contributed by atoms with Gasteiger partial charge in [-0.25, -0.2) is 12.8 Å². The quantitative estimate of drug-likeness (QED) is 0.142. The Labute approximate surface area is 270 Å². The van der Waals surface area contributed by atoms with E-state index in [-0.39, 0.29) is 47.6 Å². The molecule has 47 heavy (non-hydrogen) atoms. The number of alkyl halides is 3. The lowest BCUT2D eigenvalue weighted by molar-refractivity contribution is -0.137. The van der Waals surface area contributed by atoms with Gasteiger partial charge in [-0.3, -0.25) is 14.4 Å². The van der Waals surface area contributed by atoms with E-state index in [4.69, 9.17) is 14.6 Å². The zero-order chi connectivity index (χ0) is 34.4. The number of methoxy groups -OCH3 is 1. The number of carbonyl (C=O) groups excluding carboxylic acids is 2. The molecular weight excluding hydrogens is 648 g/mol. The van der Waals surface area contributed by atoms with Gasteiger partial charge >= 0.3 is 11.5 Å². The van der Waals surface area contributed by atoms with Crippen LogP contribution in [0.5, 0.6) is 11.5 Å². The van der Waals surface area contributed by atoms with Crippen molar-refractivity contribution in [3.8, 4) is 11.5 Å². The van der Waals surface area contributed by atoms with Gasteiger partial charge in [0.05, 0.1) is 30.1 Å². The number of rotatable bonds is 16. The van der Waals surface area contributed by atoms with Crippen LogP contribution < -0.4 is 20.1 Å². The molecule has 0 radical (unpaired) electrons.